The van der Waals surface area contributed by atoms with Crippen LogP contribution in [0.15, 0.2) is 0 Å². The molecular formula is C9H14O2S. The number of unbranched alkanes of at least 4 members (excludes halogenated alkanes) is 2. The molecule has 3 heteroatoms. The number of thioether (sulfide) groups is 1. The predicted molar refractivity (Wildman–Crippen MR) is 50.1 cm³/mol. The average Bonchev–Trinajstić information content (AvgIpc) is 2.35. The van der Waals surface area contributed by atoms with Crippen LogP contribution in [0.3, 0.4) is 0 Å². The number of hydrogen-bond donors (Lipinski definition) is 0. The van der Waals surface area contributed by atoms with Gasteiger partial charge in [-0.2, -0.15) is 0 Å². The van der Waals surface area contributed by atoms with E-state index in [0.29, 0.717) is 5.75 Å². The van der Waals surface area contributed by atoms with Gasteiger partial charge < -0.3 is 0 Å². The molecular weight excluding hydrogens is 172 g/mol. The average molecular weight is 186 g/mol. The Bertz CT molecular complexity index is 173. The topological polar surface area (TPSA) is 34.1 Å². The summed E-state index contributed by atoms with van der Waals surface area (Å²) in [4.78, 5) is 22.3. The second-order valence-corrected chi connectivity index (χ2v) is 4.10. The summed E-state index contributed by atoms with van der Waals surface area (Å²) in [6, 6.07) is 0. The molecule has 1 fully saturated rings. The molecule has 0 amide bonds. The molecule has 0 aromatic heterocycles. The number of ketones is 1. The van der Waals surface area contributed by atoms with E-state index in [0.717, 1.165) is 25.7 Å². The molecule has 0 aromatic carbocycles. The van der Waals surface area contributed by atoms with Crippen molar-refractivity contribution < 1.29 is 9.59 Å². The van der Waals surface area contributed by atoms with E-state index in [1.165, 1.54) is 11.8 Å². The monoisotopic (exact) mass is 186 g/mol. The number of Topliss-reactive ketones (excluding diaryl/α,β-unsaturated/α-hetero) is 1. The standard InChI is InChI=1S/C9H14O2S/c1-2-3-4-5-7-8(10)6-12-9(7)11/h7H,2-6H2,1H3. The van der Waals surface area contributed by atoms with Gasteiger partial charge in [0, 0.05) is 0 Å². The molecule has 1 rings (SSSR count). The maximum absolute atomic E-state index is 11.1. The van der Waals surface area contributed by atoms with Crippen LogP contribution in [-0.2, 0) is 9.59 Å². The van der Waals surface area contributed by atoms with Crippen LogP contribution in [0.25, 0.3) is 0 Å². The van der Waals surface area contributed by atoms with Gasteiger partial charge in [-0.15, -0.1) is 0 Å². The summed E-state index contributed by atoms with van der Waals surface area (Å²) in [6.07, 6.45) is 4.06. The minimum atomic E-state index is -0.262. The summed E-state index contributed by atoms with van der Waals surface area (Å²) in [6.45, 7) is 2.12. The van der Waals surface area contributed by atoms with E-state index in [-0.39, 0.29) is 16.8 Å². The van der Waals surface area contributed by atoms with E-state index in [1.54, 1.807) is 0 Å². The van der Waals surface area contributed by atoms with Crippen LogP contribution in [-0.4, -0.2) is 16.7 Å². The van der Waals surface area contributed by atoms with Crippen molar-refractivity contribution in [3.63, 3.8) is 0 Å². The molecule has 0 aromatic rings. The zero-order valence-electron chi connectivity index (χ0n) is 7.34. The summed E-state index contributed by atoms with van der Waals surface area (Å²) >= 11 is 1.18. The maximum atomic E-state index is 11.1. The fourth-order valence-corrected chi connectivity index (χ4v) is 2.29. The summed E-state index contributed by atoms with van der Waals surface area (Å²) in [5.41, 5.74) is 0. The van der Waals surface area contributed by atoms with Gasteiger partial charge in [0.15, 0.2) is 10.9 Å². The Labute approximate surface area is 77.1 Å². The summed E-state index contributed by atoms with van der Waals surface area (Å²) in [5.74, 6) is 0.290. The maximum Gasteiger partial charge on any atom is 0.199 e. The third kappa shape index (κ3) is 2.34. The minimum absolute atomic E-state index is 0.0936. The van der Waals surface area contributed by atoms with Crippen LogP contribution < -0.4 is 0 Å². The van der Waals surface area contributed by atoms with Crippen molar-refractivity contribution >= 4 is 22.7 Å². The predicted octanol–water partition coefficient (Wildman–Crippen LogP) is 2.03. The summed E-state index contributed by atoms with van der Waals surface area (Å²) in [7, 11) is 0. The first-order valence-electron chi connectivity index (χ1n) is 4.45. The van der Waals surface area contributed by atoms with Gasteiger partial charge in [0.1, 0.15) is 0 Å². The van der Waals surface area contributed by atoms with Gasteiger partial charge in [0.25, 0.3) is 0 Å². The van der Waals surface area contributed by atoms with Crippen molar-refractivity contribution in [2.24, 2.45) is 5.92 Å². The molecule has 2 nitrogen and oxygen atoms in total. The van der Waals surface area contributed by atoms with Gasteiger partial charge in [0.05, 0.1) is 11.7 Å². The molecule has 1 aliphatic rings. The van der Waals surface area contributed by atoms with Gasteiger partial charge in [-0.3, -0.25) is 9.59 Å². The van der Waals surface area contributed by atoms with Crippen molar-refractivity contribution in [3.8, 4) is 0 Å². The molecule has 0 spiro atoms. The van der Waals surface area contributed by atoms with Crippen LogP contribution in [0.4, 0.5) is 0 Å². The Morgan fingerprint density at radius 2 is 2.17 bits per heavy atom. The summed E-state index contributed by atoms with van der Waals surface area (Å²) < 4.78 is 0. The zero-order chi connectivity index (χ0) is 8.97. The fourth-order valence-electron chi connectivity index (χ4n) is 1.35. The lowest BCUT2D eigenvalue weighted by atomic mass is 9.99. The molecule has 0 aliphatic carbocycles. The van der Waals surface area contributed by atoms with Crippen LogP contribution in [0.5, 0.6) is 0 Å². The molecule has 12 heavy (non-hydrogen) atoms. The van der Waals surface area contributed by atoms with Crippen molar-refractivity contribution in [2.75, 3.05) is 5.75 Å². The van der Waals surface area contributed by atoms with Crippen LogP contribution in [0.1, 0.15) is 32.6 Å². The minimum Gasteiger partial charge on any atom is -0.298 e. The van der Waals surface area contributed by atoms with Crippen LogP contribution in [0.2, 0.25) is 0 Å². The van der Waals surface area contributed by atoms with E-state index in [4.69, 9.17) is 0 Å². The highest BCUT2D eigenvalue weighted by atomic mass is 32.2. The molecule has 1 atom stereocenters. The van der Waals surface area contributed by atoms with Gasteiger partial charge in [-0.05, 0) is 6.42 Å². The molecule has 0 radical (unpaired) electrons. The largest absolute Gasteiger partial charge is 0.298 e. The lowest BCUT2D eigenvalue weighted by Gasteiger charge is -2.03. The second-order valence-electron chi connectivity index (χ2n) is 3.12. The van der Waals surface area contributed by atoms with Gasteiger partial charge in [0.2, 0.25) is 0 Å². The van der Waals surface area contributed by atoms with E-state index < -0.39 is 0 Å². The number of carbonyl (C=O) groups excluding carboxylic acids is 2. The Kier molecular flexibility index (Phi) is 3.79. The first-order chi connectivity index (χ1) is 5.75. The molecule has 0 N–H and O–H groups in total. The second kappa shape index (κ2) is 4.65. The van der Waals surface area contributed by atoms with Gasteiger partial charge in [-0.1, -0.05) is 37.9 Å². The van der Waals surface area contributed by atoms with Crippen LogP contribution in [0, 0.1) is 5.92 Å². The van der Waals surface area contributed by atoms with Gasteiger partial charge in [-0.25, -0.2) is 0 Å². The number of carbonyl (C=O) groups is 2. The first-order valence-corrected chi connectivity index (χ1v) is 5.43. The Morgan fingerprint density at radius 1 is 1.42 bits per heavy atom. The lowest BCUT2D eigenvalue weighted by molar-refractivity contribution is -0.125. The molecule has 1 heterocycles. The fraction of sp³-hybridized carbons (Fsp3) is 0.778. The van der Waals surface area contributed by atoms with Crippen molar-refractivity contribution in [3.05, 3.63) is 0 Å². The molecule has 68 valence electrons. The number of hydrogen-bond acceptors (Lipinski definition) is 3. The molecule has 1 aliphatic heterocycles. The molecule has 1 saturated heterocycles. The highest BCUT2D eigenvalue weighted by Gasteiger charge is 2.32. The summed E-state index contributed by atoms with van der Waals surface area (Å²) in [5, 5.41) is 0.0936. The van der Waals surface area contributed by atoms with E-state index in [2.05, 4.69) is 6.92 Å². The Hall–Kier alpha value is -0.310. The molecule has 0 saturated carbocycles. The Balaban J connectivity index is 2.30. The highest BCUT2D eigenvalue weighted by Crippen LogP contribution is 2.26. The first kappa shape index (κ1) is 9.78. The van der Waals surface area contributed by atoms with Crippen molar-refractivity contribution in [1.29, 1.82) is 0 Å². The third-order valence-electron chi connectivity index (χ3n) is 2.13. The van der Waals surface area contributed by atoms with Gasteiger partial charge >= 0.3 is 0 Å². The van der Waals surface area contributed by atoms with Crippen molar-refractivity contribution in [2.45, 2.75) is 32.6 Å². The normalized spacial score (nSPS) is 23.6. The number of rotatable bonds is 4. The quantitative estimate of drug-likeness (QED) is 0.497. The van der Waals surface area contributed by atoms with Crippen LogP contribution >= 0.6 is 11.8 Å². The zero-order valence-corrected chi connectivity index (χ0v) is 8.15. The van der Waals surface area contributed by atoms with E-state index in [9.17, 15) is 9.59 Å². The lowest BCUT2D eigenvalue weighted by Crippen LogP contribution is -2.14. The van der Waals surface area contributed by atoms with Crippen molar-refractivity contribution in [1.82, 2.24) is 0 Å². The smallest absolute Gasteiger partial charge is 0.199 e. The third-order valence-corrected chi connectivity index (χ3v) is 3.12. The van der Waals surface area contributed by atoms with E-state index in [1.807, 2.05) is 0 Å². The molecule has 0 bridgehead atoms. The molecule has 1 unspecified atom stereocenters. The SMILES string of the molecule is CCCCCC1C(=O)CSC1=O. The van der Waals surface area contributed by atoms with E-state index >= 15 is 0 Å². The Morgan fingerprint density at radius 3 is 2.67 bits per heavy atom. The highest BCUT2D eigenvalue weighted by molar-refractivity contribution is 8.15.